The van der Waals surface area contributed by atoms with Crippen LogP contribution in [0.25, 0.3) is 0 Å². The number of hydrogen-bond acceptors (Lipinski definition) is 2. The Morgan fingerprint density at radius 3 is 2.67 bits per heavy atom. The summed E-state index contributed by atoms with van der Waals surface area (Å²) in [6.45, 7) is 1.80. The summed E-state index contributed by atoms with van der Waals surface area (Å²) in [6.07, 6.45) is -2.47. The zero-order valence-corrected chi connectivity index (χ0v) is 8.25. The molecule has 0 aliphatic carbocycles. The molecule has 2 nitrogen and oxygen atoms in total. The average Bonchev–Trinajstić information content (AvgIpc) is 2.17. The highest BCUT2D eigenvalue weighted by molar-refractivity contribution is 5.28. The standard InChI is InChI=1S/C10H12F3NO/c1-2-3-9(15)7-6-14-5-4-8(7)10(11,12)13/h4-6,9,15H,2-3H2,1H3. The molecule has 1 N–H and O–H groups in total. The second-order valence-corrected chi connectivity index (χ2v) is 3.27. The van der Waals surface area contributed by atoms with Gasteiger partial charge in [0.15, 0.2) is 0 Å². The fraction of sp³-hybridized carbons (Fsp3) is 0.500. The van der Waals surface area contributed by atoms with Crippen molar-refractivity contribution >= 4 is 0 Å². The molecule has 1 unspecified atom stereocenters. The van der Waals surface area contributed by atoms with Crippen molar-refractivity contribution in [3.05, 3.63) is 29.6 Å². The number of rotatable bonds is 3. The Morgan fingerprint density at radius 2 is 2.13 bits per heavy atom. The van der Waals surface area contributed by atoms with Crippen LogP contribution in [0.15, 0.2) is 18.5 Å². The summed E-state index contributed by atoms with van der Waals surface area (Å²) >= 11 is 0. The van der Waals surface area contributed by atoms with Crippen molar-refractivity contribution in [2.45, 2.75) is 32.0 Å². The first-order valence-corrected chi connectivity index (χ1v) is 4.66. The van der Waals surface area contributed by atoms with E-state index in [0.29, 0.717) is 12.8 Å². The smallest absolute Gasteiger partial charge is 0.388 e. The summed E-state index contributed by atoms with van der Waals surface area (Å²) in [4.78, 5) is 3.60. The van der Waals surface area contributed by atoms with Gasteiger partial charge in [0.05, 0.1) is 11.7 Å². The first-order valence-electron chi connectivity index (χ1n) is 4.66. The van der Waals surface area contributed by atoms with Gasteiger partial charge in [-0.05, 0) is 12.5 Å². The molecule has 84 valence electrons. The lowest BCUT2D eigenvalue weighted by Crippen LogP contribution is -2.12. The molecule has 0 radical (unpaired) electrons. The quantitative estimate of drug-likeness (QED) is 0.847. The molecule has 0 aliphatic heterocycles. The van der Waals surface area contributed by atoms with Crippen LogP contribution in [0.3, 0.4) is 0 Å². The third-order valence-corrected chi connectivity index (χ3v) is 2.08. The minimum atomic E-state index is -4.44. The van der Waals surface area contributed by atoms with E-state index in [-0.39, 0.29) is 5.56 Å². The molecule has 0 aromatic carbocycles. The highest BCUT2D eigenvalue weighted by Crippen LogP contribution is 2.34. The van der Waals surface area contributed by atoms with Crippen LogP contribution in [0.4, 0.5) is 13.2 Å². The van der Waals surface area contributed by atoms with E-state index in [0.717, 1.165) is 18.5 Å². The molecule has 0 fully saturated rings. The number of pyridine rings is 1. The maximum Gasteiger partial charge on any atom is 0.416 e. The van der Waals surface area contributed by atoms with Crippen LogP contribution in [0.2, 0.25) is 0 Å². The van der Waals surface area contributed by atoms with Gasteiger partial charge >= 0.3 is 6.18 Å². The first-order chi connectivity index (χ1) is 6.96. The number of hydrogen-bond donors (Lipinski definition) is 1. The number of aliphatic hydroxyl groups excluding tert-OH is 1. The summed E-state index contributed by atoms with van der Waals surface area (Å²) in [7, 11) is 0. The van der Waals surface area contributed by atoms with Gasteiger partial charge in [-0.1, -0.05) is 13.3 Å². The summed E-state index contributed by atoms with van der Waals surface area (Å²) in [5.74, 6) is 0. The van der Waals surface area contributed by atoms with E-state index in [1.54, 1.807) is 6.92 Å². The highest BCUT2D eigenvalue weighted by atomic mass is 19.4. The lowest BCUT2D eigenvalue weighted by Gasteiger charge is -2.16. The normalized spacial score (nSPS) is 13.9. The zero-order valence-electron chi connectivity index (χ0n) is 8.25. The van der Waals surface area contributed by atoms with Crippen molar-refractivity contribution in [1.82, 2.24) is 4.98 Å². The molecule has 0 spiro atoms. The predicted octanol–water partition coefficient (Wildman–Crippen LogP) is 2.93. The van der Waals surface area contributed by atoms with E-state index in [4.69, 9.17) is 0 Å². The Bertz CT molecular complexity index is 325. The van der Waals surface area contributed by atoms with E-state index in [1.165, 1.54) is 0 Å². The van der Waals surface area contributed by atoms with Crippen molar-refractivity contribution in [1.29, 1.82) is 0 Å². The van der Waals surface area contributed by atoms with Gasteiger partial charge < -0.3 is 5.11 Å². The molecular weight excluding hydrogens is 207 g/mol. The maximum atomic E-state index is 12.5. The molecule has 0 aliphatic rings. The topological polar surface area (TPSA) is 33.1 Å². The molecule has 1 heterocycles. The molecule has 15 heavy (non-hydrogen) atoms. The van der Waals surface area contributed by atoms with Crippen molar-refractivity contribution in [2.75, 3.05) is 0 Å². The van der Waals surface area contributed by atoms with E-state index >= 15 is 0 Å². The molecule has 0 bridgehead atoms. The molecule has 1 rings (SSSR count). The summed E-state index contributed by atoms with van der Waals surface area (Å²) < 4.78 is 37.5. The van der Waals surface area contributed by atoms with Crippen LogP contribution in [-0.4, -0.2) is 10.1 Å². The molecular formula is C10H12F3NO. The lowest BCUT2D eigenvalue weighted by molar-refractivity contribution is -0.139. The number of nitrogens with zero attached hydrogens (tertiary/aromatic N) is 1. The number of halogens is 3. The Balaban J connectivity index is 3.06. The zero-order chi connectivity index (χ0) is 11.5. The van der Waals surface area contributed by atoms with Gasteiger partial charge in [-0.25, -0.2) is 0 Å². The second-order valence-electron chi connectivity index (χ2n) is 3.27. The van der Waals surface area contributed by atoms with E-state index in [9.17, 15) is 18.3 Å². The van der Waals surface area contributed by atoms with E-state index < -0.39 is 17.8 Å². The van der Waals surface area contributed by atoms with Gasteiger partial charge in [0, 0.05) is 18.0 Å². The van der Waals surface area contributed by atoms with Crippen LogP contribution in [0, 0.1) is 0 Å². The fourth-order valence-electron chi connectivity index (χ4n) is 1.36. The molecule has 0 amide bonds. The van der Waals surface area contributed by atoms with Gasteiger partial charge in [-0.3, -0.25) is 4.98 Å². The number of aliphatic hydroxyl groups is 1. The van der Waals surface area contributed by atoms with Gasteiger partial charge in [0.1, 0.15) is 0 Å². The summed E-state index contributed by atoms with van der Waals surface area (Å²) in [5.41, 5.74) is -0.953. The second kappa shape index (κ2) is 4.61. The average molecular weight is 219 g/mol. The Labute approximate surface area is 85.8 Å². The molecule has 1 aromatic heterocycles. The van der Waals surface area contributed by atoms with Crippen LogP contribution >= 0.6 is 0 Å². The summed E-state index contributed by atoms with van der Waals surface area (Å²) in [5, 5.41) is 9.52. The molecule has 1 aromatic rings. The molecule has 5 heteroatoms. The van der Waals surface area contributed by atoms with Crippen LogP contribution in [-0.2, 0) is 6.18 Å². The number of aromatic nitrogens is 1. The van der Waals surface area contributed by atoms with Crippen molar-refractivity contribution in [2.24, 2.45) is 0 Å². The van der Waals surface area contributed by atoms with Crippen molar-refractivity contribution < 1.29 is 18.3 Å². The first kappa shape index (κ1) is 12.0. The Kier molecular flexibility index (Phi) is 3.68. The largest absolute Gasteiger partial charge is 0.416 e. The van der Waals surface area contributed by atoms with Crippen LogP contribution < -0.4 is 0 Å². The van der Waals surface area contributed by atoms with Gasteiger partial charge in [0.2, 0.25) is 0 Å². The monoisotopic (exact) mass is 219 g/mol. The van der Waals surface area contributed by atoms with Gasteiger partial charge in [-0.2, -0.15) is 13.2 Å². The highest BCUT2D eigenvalue weighted by Gasteiger charge is 2.34. The Morgan fingerprint density at radius 1 is 1.47 bits per heavy atom. The van der Waals surface area contributed by atoms with E-state index in [1.807, 2.05) is 0 Å². The molecule has 1 atom stereocenters. The van der Waals surface area contributed by atoms with Crippen molar-refractivity contribution in [3.8, 4) is 0 Å². The molecule has 0 saturated heterocycles. The fourth-order valence-corrected chi connectivity index (χ4v) is 1.36. The third kappa shape index (κ3) is 2.92. The Hall–Kier alpha value is -1.10. The van der Waals surface area contributed by atoms with Crippen LogP contribution in [0.5, 0.6) is 0 Å². The van der Waals surface area contributed by atoms with Crippen LogP contribution in [0.1, 0.15) is 37.0 Å². The van der Waals surface area contributed by atoms with Gasteiger partial charge in [-0.15, -0.1) is 0 Å². The SMILES string of the molecule is CCCC(O)c1cnccc1C(F)(F)F. The predicted molar refractivity (Wildman–Crippen MR) is 49.1 cm³/mol. The minimum Gasteiger partial charge on any atom is -0.388 e. The van der Waals surface area contributed by atoms with E-state index in [2.05, 4.69) is 4.98 Å². The lowest BCUT2D eigenvalue weighted by atomic mass is 10.0. The molecule has 0 saturated carbocycles. The van der Waals surface area contributed by atoms with Crippen molar-refractivity contribution in [3.63, 3.8) is 0 Å². The number of alkyl halides is 3. The third-order valence-electron chi connectivity index (χ3n) is 2.08. The maximum absolute atomic E-state index is 12.5. The summed E-state index contributed by atoms with van der Waals surface area (Å²) in [6, 6.07) is 0.883. The minimum absolute atomic E-state index is 0.146. The van der Waals surface area contributed by atoms with Gasteiger partial charge in [0.25, 0.3) is 0 Å².